The Morgan fingerprint density at radius 1 is 1.02 bits per heavy atom. The number of aromatic nitrogens is 3. The predicted molar refractivity (Wildman–Crippen MR) is 151 cm³/mol. The Morgan fingerprint density at radius 3 is 2.61 bits per heavy atom. The van der Waals surface area contributed by atoms with Crippen LogP contribution in [0.15, 0.2) is 71.3 Å². The highest BCUT2D eigenvalue weighted by atomic mass is 16.5. The molecule has 0 saturated carbocycles. The van der Waals surface area contributed by atoms with Crippen LogP contribution in [0.2, 0.25) is 0 Å². The van der Waals surface area contributed by atoms with Crippen molar-refractivity contribution >= 4 is 28.5 Å². The standard InChI is InChI=1S/C30H34N6O5/c37-28(21-36-27-8-2-1-7-26(27)32-33-36)35(20-25-6-4-16-41-25)29(30(38)31-19-24-5-3-15-40-24)22-9-11-23(12-10-22)34-13-17-39-18-14-34/h1-2,4,6-12,16,24,29H,3,5,13-15,17-21H2,(H,31,38)/t24-,29-/m0/s1. The highest BCUT2D eigenvalue weighted by Gasteiger charge is 2.33. The van der Waals surface area contributed by atoms with E-state index < -0.39 is 6.04 Å². The number of anilines is 1. The lowest BCUT2D eigenvalue weighted by Gasteiger charge is -2.32. The molecule has 2 aromatic heterocycles. The lowest BCUT2D eigenvalue weighted by Crippen LogP contribution is -2.46. The summed E-state index contributed by atoms with van der Waals surface area (Å²) in [4.78, 5) is 31.8. The predicted octanol–water partition coefficient (Wildman–Crippen LogP) is 2.93. The first kappa shape index (κ1) is 27.0. The third-order valence-corrected chi connectivity index (χ3v) is 7.60. The van der Waals surface area contributed by atoms with Crippen LogP contribution in [0.1, 0.15) is 30.2 Å². The average molecular weight is 559 g/mol. The molecule has 0 spiro atoms. The molecule has 2 atom stereocenters. The second-order valence-corrected chi connectivity index (χ2v) is 10.3. The van der Waals surface area contributed by atoms with Crippen molar-refractivity contribution in [2.45, 2.75) is 38.1 Å². The highest BCUT2D eigenvalue weighted by Crippen LogP contribution is 2.28. The van der Waals surface area contributed by atoms with E-state index in [1.807, 2.05) is 48.5 Å². The van der Waals surface area contributed by atoms with Crippen LogP contribution < -0.4 is 10.2 Å². The molecular weight excluding hydrogens is 524 g/mol. The fourth-order valence-electron chi connectivity index (χ4n) is 5.43. The van der Waals surface area contributed by atoms with Gasteiger partial charge in [-0.05, 0) is 54.8 Å². The van der Waals surface area contributed by atoms with Crippen LogP contribution >= 0.6 is 0 Å². The number of benzene rings is 2. The van der Waals surface area contributed by atoms with Gasteiger partial charge in [0.2, 0.25) is 11.8 Å². The molecule has 4 aromatic rings. The zero-order chi connectivity index (χ0) is 28.0. The zero-order valence-electron chi connectivity index (χ0n) is 22.9. The van der Waals surface area contributed by atoms with Gasteiger partial charge in [-0.3, -0.25) is 9.59 Å². The second kappa shape index (κ2) is 12.5. The fraction of sp³-hybridized carbons (Fsp3) is 0.400. The van der Waals surface area contributed by atoms with Gasteiger partial charge in [0.05, 0.1) is 37.6 Å². The maximum Gasteiger partial charge on any atom is 0.247 e. The van der Waals surface area contributed by atoms with E-state index in [-0.39, 0.29) is 31.0 Å². The van der Waals surface area contributed by atoms with Gasteiger partial charge in [-0.1, -0.05) is 29.5 Å². The van der Waals surface area contributed by atoms with Crippen molar-refractivity contribution in [2.24, 2.45) is 0 Å². The minimum atomic E-state index is -0.900. The van der Waals surface area contributed by atoms with Gasteiger partial charge in [-0.25, -0.2) is 4.68 Å². The van der Waals surface area contributed by atoms with Gasteiger partial charge in [0.15, 0.2) is 0 Å². The molecule has 2 aliphatic heterocycles. The first-order valence-corrected chi connectivity index (χ1v) is 14.1. The Labute approximate surface area is 238 Å². The second-order valence-electron chi connectivity index (χ2n) is 10.3. The van der Waals surface area contributed by atoms with E-state index in [0.717, 1.165) is 37.1 Å². The number of amides is 2. The molecule has 0 radical (unpaired) electrons. The van der Waals surface area contributed by atoms with Crippen LogP contribution in [0.4, 0.5) is 5.69 Å². The van der Waals surface area contributed by atoms with Gasteiger partial charge in [-0.15, -0.1) is 5.10 Å². The first-order chi connectivity index (χ1) is 20.2. The van der Waals surface area contributed by atoms with Crippen LogP contribution in [0.3, 0.4) is 0 Å². The van der Waals surface area contributed by atoms with Gasteiger partial charge in [-0.2, -0.15) is 0 Å². The Kier molecular flexibility index (Phi) is 8.24. The number of fused-ring (bicyclic) bond motifs is 1. The summed E-state index contributed by atoms with van der Waals surface area (Å²) in [7, 11) is 0. The first-order valence-electron chi connectivity index (χ1n) is 14.1. The maximum absolute atomic E-state index is 14.0. The van der Waals surface area contributed by atoms with E-state index in [2.05, 4.69) is 20.5 Å². The van der Waals surface area contributed by atoms with Crippen molar-refractivity contribution in [1.29, 1.82) is 0 Å². The minimum Gasteiger partial charge on any atom is -0.467 e. The molecule has 2 saturated heterocycles. The Hall–Kier alpha value is -4.22. The molecule has 11 nitrogen and oxygen atoms in total. The molecule has 1 N–H and O–H groups in total. The lowest BCUT2D eigenvalue weighted by atomic mass is 10.0. The summed E-state index contributed by atoms with van der Waals surface area (Å²) < 4.78 is 18.4. The molecule has 2 aromatic carbocycles. The van der Waals surface area contributed by atoms with Gasteiger partial charge >= 0.3 is 0 Å². The number of nitrogens with zero attached hydrogens (tertiary/aromatic N) is 5. The number of furan rings is 1. The summed E-state index contributed by atoms with van der Waals surface area (Å²) in [5, 5.41) is 11.5. The van der Waals surface area contributed by atoms with Crippen LogP contribution in [-0.2, 0) is 32.2 Å². The van der Waals surface area contributed by atoms with Crippen molar-refractivity contribution in [3.63, 3.8) is 0 Å². The summed E-state index contributed by atoms with van der Waals surface area (Å²) in [6.07, 6.45) is 3.40. The van der Waals surface area contributed by atoms with E-state index in [9.17, 15) is 9.59 Å². The maximum atomic E-state index is 14.0. The molecule has 0 aliphatic carbocycles. The molecule has 41 heavy (non-hydrogen) atoms. The zero-order valence-corrected chi connectivity index (χ0v) is 22.9. The van der Waals surface area contributed by atoms with Crippen molar-refractivity contribution in [3.8, 4) is 0 Å². The van der Waals surface area contributed by atoms with Gasteiger partial charge in [0, 0.05) is 31.9 Å². The molecule has 2 fully saturated rings. The summed E-state index contributed by atoms with van der Waals surface area (Å²) >= 11 is 0. The third kappa shape index (κ3) is 6.26. The Balaban J connectivity index is 1.32. The van der Waals surface area contributed by atoms with E-state index in [4.69, 9.17) is 13.9 Å². The van der Waals surface area contributed by atoms with E-state index in [1.54, 1.807) is 28.0 Å². The molecule has 2 amide bonds. The molecule has 0 unspecified atom stereocenters. The topological polar surface area (TPSA) is 115 Å². The SMILES string of the molecule is O=C(NC[C@@H]1CCCO1)[C@H](c1ccc(N2CCOCC2)cc1)N(Cc1ccco1)C(=O)Cn1nnc2ccccc21. The molecule has 0 bridgehead atoms. The highest BCUT2D eigenvalue weighted by molar-refractivity contribution is 5.89. The van der Waals surface area contributed by atoms with Crippen LogP contribution in [-0.4, -0.2) is 77.3 Å². The lowest BCUT2D eigenvalue weighted by molar-refractivity contribution is -0.142. The molecule has 4 heterocycles. The van der Waals surface area contributed by atoms with E-state index in [0.29, 0.717) is 43.2 Å². The Morgan fingerprint density at radius 2 is 1.85 bits per heavy atom. The van der Waals surface area contributed by atoms with Crippen molar-refractivity contribution in [1.82, 2.24) is 25.2 Å². The smallest absolute Gasteiger partial charge is 0.247 e. The normalized spacial score (nSPS) is 18.0. The number of hydrogen-bond donors (Lipinski definition) is 1. The van der Waals surface area contributed by atoms with Crippen molar-refractivity contribution in [3.05, 3.63) is 78.3 Å². The van der Waals surface area contributed by atoms with Crippen molar-refractivity contribution in [2.75, 3.05) is 44.4 Å². The fourth-order valence-corrected chi connectivity index (χ4v) is 5.43. The summed E-state index contributed by atoms with van der Waals surface area (Å²) in [6.45, 7) is 4.08. The summed E-state index contributed by atoms with van der Waals surface area (Å²) in [6, 6.07) is 18.0. The number of para-hydroxylation sites is 1. The molecule has 6 rings (SSSR count). The van der Waals surface area contributed by atoms with E-state index >= 15 is 0 Å². The monoisotopic (exact) mass is 558 g/mol. The number of morpholine rings is 1. The average Bonchev–Trinajstić information content (AvgIpc) is 3.80. The minimum absolute atomic E-state index is 0.0287. The Bertz CT molecular complexity index is 1440. The van der Waals surface area contributed by atoms with Gasteiger partial charge < -0.3 is 29.0 Å². The number of nitrogens with one attached hydrogen (secondary N) is 1. The number of carbonyl (C=O) groups is 2. The van der Waals surface area contributed by atoms with Crippen LogP contribution in [0.25, 0.3) is 11.0 Å². The van der Waals surface area contributed by atoms with Gasteiger partial charge in [0.1, 0.15) is 23.9 Å². The van der Waals surface area contributed by atoms with Crippen LogP contribution in [0.5, 0.6) is 0 Å². The summed E-state index contributed by atoms with van der Waals surface area (Å²) in [5.41, 5.74) is 3.19. The largest absolute Gasteiger partial charge is 0.467 e. The van der Waals surface area contributed by atoms with E-state index in [1.165, 1.54) is 0 Å². The third-order valence-electron chi connectivity index (χ3n) is 7.60. The number of rotatable bonds is 10. The van der Waals surface area contributed by atoms with Crippen molar-refractivity contribution < 1.29 is 23.5 Å². The number of hydrogen-bond acceptors (Lipinski definition) is 8. The molecular formula is C30H34N6O5. The quantitative estimate of drug-likeness (QED) is 0.316. The number of ether oxygens (including phenoxy) is 2. The molecule has 2 aliphatic rings. The van der Waals surface area contributed by atoms with Crippen LogP contribution in [0, 0.1) is 0 Å². The summed E-state index contributed by atoms with van der Waals surface area (Å²) in [5.74, 6) is 0.0122. The molecule has 11 heteroatoms. The number of carbonyl (C=O) groups excluding carboxylic acids is 2. The molecule has 214 valence electrons. The van der Waals surface area contributed by atoms with Gasteiger partial charge in [0.25, 0.3) is 0 Å².